The molecule has 0 atom stereocenters. The first-order valence-corrected chi connectivity index (χ1v) is 9.06. The van der Waals surface area contributed by atoms with E-state index in [0.717, 1.165) is 5.56 Å². The van der Waals surface area contributed by atoms with Crippen LogP contribution in [0.1, 0.15) is 44.1 Å². The van der Waals surface area contributed by atoms with Gasteiger partial charge < -0.3 is 19.9 Å². The first-order valence-electron chi connectivity index (χ1n) is 9.06. The lowest BCUT2D eigenvalue weighted by atomic mass is 9.65. The lowest BCUT2D eigenvalue weighted by Crippen LogP contribution is -2.50. The molecule has 0 aromatic heterocycles. The van der Waals surface area contributed by atoms with Gasteiger partial charge in [0.25, 0.3) is 0 Å². The van der Waals surface area contributed by atoms with Crippen molar-refractivity contribution in [2.24, 2.45) is 11.7 Å². The van der Waals surface area contributed by atoms with E-state index in [4.69, 9.17) is 19.9 Å². The van der Waals surface area contributed by atoms with Crippen LogP contribution in [-0.4, -0.2) is 32.3 Å². The highest BCUT2D eigenvalue weighted by Crippen LogP contribution is 2.46. The quantitative estimate of drug-likeness (QED) is 0.808. The van der Waals surface area contributed by atoms with Gasteiger partial charge in [-0.2, -0.15) is 5.26 Å². The van der Waals surface area contributed by atoms with Crippen LogP contribution in [0.25, 0.3) is 0 Å². The molecule has 0 spiro atoms. The SMILES string of the molecule is COc1ccc(C2(C#N)CCC(OC)(C(N)=O)CC2)cc1OCC1CC1. The minimum atomic E-state index is -0.974. The van der Waals surface area contributed by atoms with Crippen molar-refractivity contribution in [2.45, 2.75) is 49.5 Å². The number of hydrogen-bond acceptors (Lipinski definition) is 5. The van der Waals surface area contributed by atoms with Gasteiger partial charge in [0, 0.05) is 7.11 Å². The molecule has 3 rings (SSSR count). The van der Waals surface area contributed by atoms with Crippen LogP contribution in [-0.2, 0) is 14.9 Å². The fourth-order valence-corrected chi connectivity index (χ4v) is 3.68. The second kappa shape index (κ2) is 7.16. The van der Waals surface area contributed by atoms with Crippen LogP contribution in [0.4, 0.5) is 0 Å². The second-order valence-corrected chi connectivity index (χ2v) is 7.38. The zero-order chi connectivity index (χ0) is 18.8. The third kappa shape index (κ3) is 3.36. The molecule has 2 N–H and O–H groups in total. The Balaban J connectivity index is 1.85. The molecule has 2 saturated carbocycles. The van der Waals surface area contributed by atoms with Crippen molar-refractivity contribution in [3.05, 3.63) is 23.8 Å². The number of carbonyl (C=O) groups is 1. The number of rotatable bonds is 7. The molecule has 1 aromatic rings. The third-order valence-electron chi connectivity index (χ3n) is 5.85. The van der Waals surface area contributed by atoms with E-state index in [-0.39, 0.29) is 0 Å². The van der Waals surface area contributed by atoms with Crippen LogP contribution in [0.2, 0.25) is 0 Å². The van der Waals surface area contributed by atoms with Gasteiger partial charge in [0.1, 0.15) is 5.60 Å². The Hall–Kier alpha value is -2.26. The number of carbonyl (C=O) groups excluding carboxylic acids is 1. The number of primary amides is 1. The lowest BCUT2D eigenvalue weighted by molar-refractivity contribution is -0.145. The number of benzene rings is 1. The Morgan fingerprint density at radius 1 is 1.23 bits per heavy atom. The van der Waals surface area contributed by atoms with E-state index in [2.05, 4.69) is 6.07 Å². The van der Waals surface area contributed by atoms with E-state index in [1.54, 1.807) is 7.11 Å². The highest BCUT2D eigenvalue weighted by Gasteiger charge is 2.47. The predicted octanol–water partition coefficient (Wildman–Crippen LogP) is 2.69. The van der Waals surface area contributed by atoms with Crippen molar-refractivity contribution in [1.29, 1.82) is 5.26 Å². The molecule has 6 nitrogen and oxygen atoms in total. The summed E-state index contributed by atoms with van der Waals surface area (Å²) < 4.78 is 16.8. The minimum Gasteiger partial charge on any atom is -0.493 e. The van der Waals surface area contributed by atoms with Crippen molar-refractivity contribution in [2.75, 3.05) is 20.8 Å². The molecule has 0 unspecified atom stereocenters. The van der Waals surface area contributed by atoms with E-state index in [9.17, 15) is 10.1 Å². The van der Waals surface area contributed by atoms with Crippen molar-refractivity contribution < 1.29 is 19.0 Å². The van der Waals surface area contributed by atoms with Gasteiger partial charge in [-0.05, 0) is 62.1 Å². The summed E-state index contributed by atoms with van der Waals surface area (Å²) >= 11 is 0. The largest absolute Gasteiger partial charge is 0.493 e. The Labute approximate surface area is 154 Å². The highest BCUT2D eigenvalue weighted by molar-refractivity contribution is 5.83. The molecule has 0 heterocycles. The molecular formula is C20H26N2O4. The molecule has 140 valence electrons. The summed E-state index contributed by atoms with van der Waals surface area (Å²) in [6.07, 6.45) is 4.28. The number of amides is 1. The number of nitrogens with two attached hydrogens (primary N) is 1. The average Bonchev–Trinajstić information content (AvgIpc) is 3.50. The maximum atomic E-state index is 11.8. The first-order chi connectivity index (χ1) is 12.5. The Morgan fingerprint density at radius 3 is 2.42 bits per heavy atom. The van der Waals surface area contributed by atoms with Crippen LogP contribution in [0.15, 0.2) is 18.2 Å². The molecule has 6 heteroatoms. The van der Waals surface area contributed by atoms with Gasteiger partial charge in [0.15, 0.2) is 11.5 Å². The number of nitriles is 1. The van der Waals surface area contributed by atoms with Gasteiger partial charge in [0.2, 0.25) is 5.91 Å². The summed E-state index contributed by atoms with van der Waals surface area (Å²) in [4.78, 5) is 11.8. The molecule has 26 heavy (non-hydrogen) atoms. The molecule has 2 fully saturated rings. The first kappa shape index (κ1) is 18.5. The molecule has 2 aliphatic carbocycles. The number of methoxy groups -OCH3 is 2. The van der Waals surface area contributed by atoms with E-state index in [0.29, 0.717) is 49.7 Å². The van der Waals surface area contributed by atoms with Gasteiger partial charge in [-0.1, -0.05) is 6.07 Å². The van der Waals surface area contributed by atoms with Crippen LogP contribution in [0.5, 0.6) is 11.5 Å². The van der Waals surface area contributed by atoms with E-state index >= 15 is 0 Å². The van der Waals surface area contributed by atoms with Crippen LogP contribution in [0.3, 0.4) is 0 Å². The Kier molecular flexibility index (Phi) is 5.10. The summed E-state index contributed by atoms with van der Waals surface area (Å²) in [7, 11) is 3.11. The second-order valence-electron chi connectivity index (χ2n) is 7.38. The maximum Gasteiger partial charge on any atom is 0.249 e. The third-order valence-corrected chi connectivity index (χ3v) is 5.85. The molecular weight excluding hydrogens is 332 g/mol. The smallest absolute Gasteiger partial charge is 0.249 e. The van der Waals surface area contributed by atoms with E-state index in [1.807, 2.05) is 18.2 Å². The number of ether oxygens (including phenoxy) is 3. The maximum absolute atomic E-state index is 11.8. The van der Waals surface area contributed by atoms with Crippen molar-refractivity contribution >= 4 is 5.91 Å². The number of hydrogen-bond donors (Lipinski definition) is 1. The molecule has 0 saturated heterocycles. The standard InChI is InChI=1S/C20H26N2O4/c1-24-16-6-5-15(11-17(16)26-12-14-3-4-14)19(13-21)7-9-20(25-2,10-8-19)18(22)23/h5-6,11,14H,3-4,7-10,12H2,1-2H3,(H2,22,23). The molecule has 0 radical (unpaired) electrons. The molecule has 1 amide bonds. The van der Waals surface area contributed by atoms with Gasteiger partial charge in [-0.15, -0.1) is 0 Å². The fourth-order valence-electron chi connectivity index (χ4n) is 3.68. The summed E-state index contributed by atoms with van der Waals surface area (Å²) in [5, 5.41) is 9.94. The van der Waals surface area contributed by atoms with Crippen molar-refractivity contribution in [1.82, 2.24) is 0 Å². The summed E-state index contributed by atoms with van der Waals surface area (Å²) in [5.74, 6) is 1.50. The molecule has 0 aliphatic heterocycles. The van der Waals surface area contributed by atoms with E-state index in [1.165, 1.54) is 20.0 Å². The van der Waals surface area contributed by atoms with Gasteiger partial charge in [0.05, 0.1) is 25.2 Å². The van der Waals surface area contributed by atoms with Crippen LogP contribution < -0.4 is 15.2 Å². The Morgan fingerprint density at radius 2 is 1.92 bits per heavy atom. The summed E-state index contributed by atoms with van der Waals surface area (Å²) in [5.41, 5.74) is 4.77. The van der Waals surface area contributed by atoms with E-state index < -0.39 is 16.9 Å². The molecule has 2 aliphatic rings. The van der Waals surface area contributed by atoms with Gasteiger partial charge in [-0.25, -0.2) is 0 Å². The normalized spacial score (nSPS) is 28.2. The van der Waals surface area contributed by atoms with Crippen LogP contribution in [0, 0.1) is 17.2 Å². The average molecular weight is 358 g/mol. The fraction of sp³-hybridized carbons (Fsp3) is 0.600. The summed E-state index contributed by atoms with van der Waals surface area (Å²) in [6.45, 7) is 0.674. The predicted molar refractivity (Wildman–Crippen MR) is 95.9 cm³/mol. The molecule has 0 bridgehead atoms. The van der Waals surface area contributed by atoms with Gasteiger partial charge >= 0.3 is 0 Å². The lowest BCUT2D eigenvalue weighted by Gasteiger charge is -2.41. The number of nitrogens with zero attached hydrogens (tertiary/aromatic N) is 1. The zero-order valence-electron chi connectivity index (χ0n) is 15.4. The van der Waals surface area contributed by atoms with Crippen molar-refractivity contribution in [3.63, 3.8) is 0 Å². The van der Waals surface area contributed by atoms with Gasteiger partial charge in [-0.3, -0.25) is 4.79 Å². The zero-order valence-corrected chi connectivity index (χ0v) is 15.4. The Bertz CT molecular complexity index is 713. The molecule has 1 aromatic carbocycles. The monoisotopic (exact) mass is 358 g/mol. The van der Waals surface area contributed by atoms with Crippen LogP contribution >= 0.6 is 0 Å². The summed E-state index contributed by atoms with van der Waals surface area (Å²) in [6, 6.07) is 8.15. The topological polar surface area (TPSA) is 94.6 Å². The minimum absolute atomic E-state index is 0.427. The highest BCUT2D eigenvalue weighted by atomic mass is 16.5. The van der Waals surface area contributed by atoms with Crippen molar-refractivity contribution in [3.8, 4) is 17.6 Å².